The Bertz CT molecular complexity index is 529. The van der Waals surface area contributed by atoms with E-state index in [1.54, 1.807) is 18.4 Å². The van der Waals surface area contributed by atoms with E-state index in [1.165, 1.54) is 16.0 Å². The van der Waals surface area contributed by atoms with Gasteiger partial charge in [0.15, 0.2) is 5.96 Å². The molecule has 2 aromatic rings. The van der Waals surface area contributed by atoms with E-state index in [-0.39, 0.29) is 0 Å². The third-order valence-corrected chi connectivity index (χ3v) is 3.94. The van der Waals surface area contributed by atoms with Crippen molar-refractivity contribution >= 4 is 17.3 Å². The molecule has 3 nitrogen and oxygen atoms in total. The number of thiophene rings is 1. The fourth-order valence-electron chi connectivity index (χ4n) is 1.88. The van der Waals surface area contributed by atoms with E-state index in [1.807, 2.05) is 0 Å². The van der Waals surface area contributed by atoms with Crippen LogP contribution in [0.2, 0.25) is 0 Å². The second kappa shape index (κ2) is 7.70. The average molecular weight is 287 g/mol. The van der Waals surface area contributed by atoms with Crippen molar-refractivity contribution < 1.29 is 0 Å². The molecule has 0 aliphatic carbocycles. The lowest BCUT2D eigenvalue weighted by Gasteiger charge is -2.11. The van der Waals surface area contributed by atoms with Crippen molar-refractivity contribution in [1.29, 1.82) is 0 Å². The van der Waals surface area contributed by atoms with Gasteiger partial charge >= 0.3 is 0 Å². The van der Waals surface area contributed by atoms with Crippen molar-refractivity contribution in [2.45, 2.75) is 19.9 Å². The molecule has 0 aliphatic heterocycles. The molecule has 0 atom stereocenters. The highest BCUT2D eigenvalue weighted by molar-refractivity contribution is 7.09. The van der Waals surface area contributed by atoms with Crippen molar-refractivity contribution in [2.75, 3.05) is 13.6 Å². The van der Waals surface area contributed by atoms with E-state index in [0.717, 1.165) is 25.5 Å². The van der Waals surface area contributed by atoms with Crippen molar-refractivity contribution in [2.24, 2.45) is 4.99 Å². The van der Waals surface area contributed by atoms with Crippen LogP contribution in [0.15, 0.2) is 46.8 Å². The highest BCUT2D eigenvalue weighted by Crippen LogP contribution is 2.07. The Labute approximate surface area is 124 Å². The molecule has 0 unspecified atom stereocenters. The number of aryl methyl sites for hydroxylation is 1. The Morgan fingerprint density at radius 1 is 1.15 bits per heavy atom. The van der Waals surface area contributed by atoms with Crippen molar-refractivity contribution in [3.05, 3.63) is 57.8 Å². The molecule has 0 saturated carbocycles. The van der Waals surface area contributed by atoms with Gasteiger partial charge in [-0.05, 0) is 30.4 Å². The number of aliphatic imine (C=N–C) groups is 1. The van der Waals surface area contributed by atoms with E-state index in [0.29, 0.717) is 0 Å². The van der Waals surface area contributed by atoms with Crippen LogP contribution in [-0.2, 0) is 13.0 Å². The zero-order valence-corrected chi connectivity index (χ0v) is 12.8. The first-order chi connectivity index (χ1) is 9.78. The lowest BCUT2D eigenvalue weighted by Crippen LogP contribution is -2.37. The first-order valence-electron chi connectivity index (χ1n) is 6.80. The molecule has 4 heteroatoms. The topological polar surface area (TPSA) is 36.4 Å². The number of rotatable bonds is 5. The summed E-state index contributed by atoms with van der Waals surface area (Å²) in [6, 6.07) is 12.8. The number of nitrogens with zero attached hydrogens (tertiary/aromatic N) is 1. The fourth-order valence-corrected chi connectivity index (χ4v) is 2.53. The lowest BCUT2D eigenvalue weighted by molar-refractivity contribution is 0.799. The van der Waals surface area contributed by atoms with Gasteiger partial charge < -0.3 is 10.6 Å². The molecule has 0 radical (unpaired) electrons. The van der Waals surface area contributed by atoms with Crippen LogP contribution >= 0.6 is 11.3 Å². The number of benzene rings is 1. The summed E-state index contributed by atoms with van der Waals surface area (Å²) in [7, 11) is 1.80. The maximum Gasteiger partial charge on any atom is 0.191 e. The minimum Gasteiger partial charge on any atom is -0.356 e. The molecule has 20 heavy (non-hydrogen) atoms. The number of hydrogen-bond acceptors (Lipinski definition) is 2. The molecular formula is C16H21N3S. The number of hydrogen-bond donors (Lipinski definition) is 2. The van der Waals surface area contributed by atoms with Crippen LogP contribution in [0, 0.1) is 6.92 Å². The molecule has 0 amide bonds. The van der Waals surface area contributed by atoms with Crippen molar-refractivity contribution in [1.82, 2.24) is 10.6 Å². The molecule has 0 bridgehead atoms. The summed E-state index contributed by atoms with van der Waals surface area (Å²) in [5.74, 6) is 0.852. The van der Waals surface area contributed by atoms with Crippen LogP contribution in [0.3, 0.4) is 0 Å². The first-order valence-corrected chi connectivity index (χ1v) is 7.68. The van der Waals surface area contributed by atoms with Crippen LogP contribution < -0.4 is 10.6 Å². The Hall–Kier alpha value is -1.81. The average Bonchev–Trinajstić information content (AvgIpc) is 2.98. The summed E-state index contributed by atoms with van der Waals surface area (Å²) < 4.78 is 0. The SMILES string of the molecule is CN=C(NCCc1ccc(C)cc1)NCc1cccs1. The minimum absolute atomic E-state index is 0.821. The van der Waals surface area contributed by atoms with Crippen LogP contribution in [0.4, 0.5) is 0 Å². The summed E-state index contributed by atoms with van der Waals surface area (Å²) >= 11 is 1.75. The second-order valence-electron chi connectivity index (χ2n) is 4.67. The third-order valence-electron chi connectivity index (χ3n) is 3.06. The Morgan fingerprint density at radius 3 is 2.60 bits per heavy atom. The maximum atomic E-state index is 4.23. The van der Waals surface area contributed by atoms with Gasteiger partial charge in [-0.15, -0.1) is 11.3 Å². The monoisotopic (exact) mass is 287 g/mol. The van der Waals surface area contributed by atoms with Gasteiger partial charge in [0, 0.05) is 18.5 Å². The van der Waals surface area contributed by atoms with E-state index in [9.17, 15) is 0 Å². The van der Waals surface area contributed by atoms with Gasteiger partial charge in [0.05, 0.1) is 6.54 Å². The summed E-state index contributed by atoms with van der Waals surface area (Å²) in [4.78, 5) is 5.54. The van der Waals surface area contributed by atoms with E-state index in [4.69, 9.17) is 0 Å². The van der Waals surface area contributed by atoms with Crippen molar-refractivity contribution in [3.8, 4) is 0 Å². The molecule has 2 rings (SSSR count). The maximum absolute atomic E-state index is 4.23. The summed E-state index contributed by atoms with van der Waals surface area (Å²) in [6.45, 7) is 3.81. The lowest BCUT2D eigenvalue weighted by atomic mass is 10.1. The second-order valence-corrected chi connectivity index (χ2v) is 5.70. The molecule has 1 aromatic carbocycles. The molecule has 1 heterocycles. The molecule has 0 spiro atoms. The van der Waals surface area contributed by atoms with Gasteiger partial charge in [0.1, 0.15) is 0 Å². The normalized spacial score (nSPS) is 11.4. The third kappa shape index (κ3) is 4.70. The molecule has 0 fully saturated rings. The predicted molar refractivity (Wildman–Crippen MR) is 87.4 cm³/mol. The van der Waals surface area contributed by atoms with Crippen molar-refractivity contribution in [3.63, 3.8) is 0 Å². The highest BCUT2D eigenvalue weighted by atomic mass is 32.1. The Morgan fingerprint density at radius 2 is 1.95 bits per heavy atom. The quantitative estimate of drug-likeness (QED) is 0.655. The molecule has 106 valence electrons. The molecular weight excluding hydrogens is 266 g/mol. The van der Waals surface area contributed by atoms with Crippen LogP contribution in [0.1, 0.15) is 16.0 Å². The van der Waals surface area contributed by atoms with Gasteiger partial charge in [-0.25, -0.2) is 0 Å². The zero-order chi connectivity index (χ0) is 14.2. The van der Waals surface area contributed by atoms with Crippen LogP contribution in [0.5, 0.6) is 0 Å². The Kier molecular flexibility index (Phi) is 5.62. The largest absolute Gasteiger partial charge is 0.356 e. The molecule has 1 aromatic heterocycles. The Balaban J connectivity index is 1.72. The smallest absolute Gasteiger partial charge is 0.191 e. The summed E-state index contributed by atoms with van der Waals surface area (Å²) in [5.41, 5.74) is 2.65. The van der Waals surface area contributed by atoms with Gasteiger partial charge in [0.2, 0.25) is 0 Å². The van der Waals surface area contributed by atoms with Crippen LogP contribution in [-0.4, -0.2) is 19.6 Å². The van der Waals surface area contributed by atoms with Gasteiger partial charge in [-0.2, -0.15) is 0 Å². The number of nitrogens with one attached hydrogen (secondary N) is 2. The highest BCUT2D eigenvalue weighted by Gasteiger charge is 1.99. The zero-order valence-electron chi connectivity index (χ0n) is 12.0. The van der Waals surface area contributed by atoms with E-state index in [2.05, 4.69) is 64.3 Å². The van der Waals surface area contributed by atoms with E-state index >= 15 is 0 Å². The van der Waals surface area contributed by atoms with E-state index < -0.39 is 0 Å². The first kappa shape index (κ1) is 14.6. The molecule has 0 saturated heterocycles. The van der Waals surface area contributed by atoms with Gasteiger partial charge in [-0.1, -0.05) is 35.9 Å². The standard InChI is InChI=1S/C16H21N3S/c1-13-5-7-14(8-6-13)9-10-18-16(17-2)19-12-15-4-3-11-20-15/h3-8,11H,9-10,12H2,1-2H3,(H2,17,18,19). The van der Waals surface area contributed by atoms with Gasteiger partial charge in [-0.3, -0.25) is 4.99 Å². The number of guanidine groups is 1. The van der Waals surface area contributed by atoms with Crippen LogP contribution in [0.25, 0.3) is 0 Å². The molecule has 0 aliphatic rings. The molecule has 2 N–H and O–H groups in total. The summed E-state index contributed by atoms with van der Waals surface area (Å²) in [5, 5.41) is 8.74. The fraction of sp³-hybridized carbons (Fsp3) is 0.312. The van der Waals surface area contributed by atoms with Gasteiger partial charge in [0.25, 0.3) is 0 Å². The summed E-state index contributed by atoms with van der Waals surface area (Å²) in [6.07, 6.45) is 1.000. The predicted octanol–water partition coefficient (Wildman–Crippen LogP) is 2.96. The minimum atomic E-state index is 0.821.